The molecule has 2 rings (SSSR count). The number of hydrogen-bond acceptors (Lipinski definition) is 2. The summed E-state index contributed by atoms with van der Waals surface area (Å²) in [5.74, 6) is 0.655. The molecule has 2 aromatic carbocycles. The van der Waals surface area contributed by atoms with Crippen LogP contribution < -0.4 is 16.0 Å². The first-order valence-electron chi connectivity index (χ1n) is 8.70. The van der Waals surface area contributed by atoms with E-state index in [-0.39, 0.29) is 5.91 Å². The molecule has 0 fully saturated rings. The standard InChI is InChI=1S/C20H25ClN4O/c1-3-23-20(24-11-10-15-6-5-9-18(21)13-15)25-14-16-7-4-8-17(12-16)19(26)22-2/h4-9,12-13H,3,10-11,14H2,1-2H3,(H,22,26)(H2,23,24,25). The Hall–Kier alpha value is -2.53. The fraction of sp³-hybridized carbons (Fsp3) is 0.300. The van der Waals surface area contributed by atoms with Gasteiger partial charge < -0.3 is 16.0 Å². The van der Waals surface area contributed by atoms with Crippen molar-refractivity contribution in [1.29, 1.82) is 0 Å². The third-order valence-electron chi connectivity index (χ3n) is 3.78. The largest absolute Gasteiger partial charge is 0.357 e. The minimum Gasteiger partial charge on any atom is -0.357 e. The molecule has 0 spiro atoms. The third kappa shape index (κ3) is 6.41. The Morgan fingerprint density at radius 2 is 1.85 bits per heavy atom. The summed E-state index contributed by atoms with van der Waals surface area (Å²) in [5.41, 5.74) is 2.80. The lowest BCUT2D eigenvalue weighted by molar-refractivity contribution is 0.0963. The molecule has 3 N–H and O–H groups in total. The molecule has 0 saturated carbocycles. The van der Waals surface area contributed by atoms with Gasteiger partial charge in [-0.1, -0.05) is 35.9 Å². The molecule has 0 aliphatic carbocycles. The number of aliphatic imine (C=N–C) groups is 1. The van der Waals surface area contributed by atoms with Gasteiger partial charge in [0.05, 0.1) is 6.54 Å². The molecule has 0 atom stereocenters. The van der Waals surface area contributed by atoms with Crippen LogP contribution >= 0.6 is 11.6 Å². The van der Waals surface area contributed by atoms with Crippen LogP contribution in [-0.2, 0) is 13.0 Å². The third-order valence-corrected chi connectivity index (χ3v) is 4.01. The summed E-state index contributed by atoms with van der Waals surface area (Å²) in [6.45, 7) is 4.06. The predicted octanol–water partition coefficient (Wildman–Crippen LogP) is 3.00. The lowest BCUT2D eigenvalue weighted by atomic mass is 10.1. The predicted molar refractivity (Wildman–Crippen MR) is 108 cm³/mol. The molecule has 0 aliphatic rings. The normalized spacial score (nSPS) is 11.1. The van der Waals surface area contributed by atoms with Crippen molar-refractivity contribution in [2.24, 2.45) is 4.99 Å². The van der Waals surface area contributed by atoms with Crippen molar-refractivity contribution in [3.05, 3.63) is 70.2 Å². The van der Waals surface area contributed by atoms with E-state index in [1.165, 1.54) is 5.56 Å². The number of amides is 1. The Morgan fingerprint density at radius 1 is 1.08 bits per heavy atom. The van der Waals surface area contributed by atoms with Crippen LogP contribution in [0.3, 0.4) is 0 Å². The van der Waals surface area contributed by atoms with Crippen molar-refractivity contribution in [3.8, 4) is 0 Å². The summed E-state index contributed by atoms with van der Waals surface area (Å²) >= 11 is 6.01. The molecule has 2 aromatic rings. The second-order valence-corrected chi connectivity index (χ2v) is 6.22. The van der Waals surface area contributed by atoms with Gasteiger partial charge in [-0.25, -0.2) is 4.99 Å². The molecule has 0 heterocycles. The lowest BCUT2D eigenvalue weighted by Crippen LogP contribution is -2.38. The number of benzene rings is 2. The Kier molecular flexibility index (Phi) is 7.96. The second kappa shape index (κ2) is 10.5. The minimum atomic E-state index is -0.0950. The van der Waals surface area contributed by atoms with Crippen LogP contribution in [0.5, 0.6) is 0 Å². The zero-order valence-corrected chi connectivity index (χ0v) is 15.9. The molecule has 26 heavy (non-hydrogen) atoms. The van der Waals surface area contributed by atoms with E-state index < -0.39 is 0 Å². The van der Waals surface area contributed by atoms with E-state index in [0.29, 0.717) is 12.1 Å². The highest BCUT2D eigenvalue weighted by molar-refractivity contribution is 6.30. The van der Waals surface area contributed by atoms with E-state index in [2.05, 4.69) is 27.0 Å². The minimum absolute atomic E-state index is 0.0950. The summed E-state index contributed by atoms with van der Waals surface area (Å²) in [6, 6.07) is 15.3. The molecular formula is C20H25ClN4O. The first kappa shape index (κ1) is 19.8. The Labute approximate surface area is 159 Å². The smallest absolute Gasteiger partial charge is 0.251 e. The van der Waals surface area contributed by atoms with E-state index in [9.17, 15) is 4.79 Å². The van der Waals surface area contributed by atoms with Crippen molar-refractivity contribution in [3.63, 3.8) is 0 Å². The Morgan fingerprint density at radius 3 is 2.58 bits per heavy atom. The fourth-order valence-electron chi connectivity index (χ4n) is 2.49. The Balaban J connectivity index is 1.94. The van der Waals surface area contributed by atoms with Gasteiger partial charge in [0.1, 0.15) is 0 Å². The molecule has 5 nitrogen and oxygen atoms in total. The van der Waals surface area contributed by atoms with Crippen molar-refractivity contribution in [2.45, 2.75) is 19.9 Å². The highest BCUT2D eigenvalue weighted by Gasteiger charge is 2.04. The summed E-state index contributed by atoms with van der Waals surface area (Å²) in [5, 5.41) is 9.94. The number of hydrogen-bond donors (Lipinski definition) is 3. The molecule has 0 bridgehead atoms. The highest BCUT2D eigenvalue weighted by Crippen LogP contribution is 2.10. The van der Waals surface area contributed by atoms with Crippen molar-refractivity contribution < 1.29 is 4.79 Å². The van der Waals surface area contributed by atoms with E-state index in [1.54, 1.807) is 13.1 Å². The number of guanidine groups is 1. The average molecular weight is 373 g/mol. The van der Waals surface area contributed by atoms with Gasteiger partial charge >= 0.3 is 0 Å². The van der Waals surface area contributed by atoms with Gasteiger partial charge in [-0.15, -0.1) is 0 Å². The van der Waals surface area contributed by atoms with Gasteiger partial charge in [-0.05, 0) is 48.7 Å². The Bertz CT molecular complexity index is 761. The monoisotopic (exact) mass is 372 g/mol. The van der Waals surface area contributed by atoms with Crippen molar-refractivity contribution >= 4 is 23.5 Å². The molecule has 0 radical (unpaired) electrons. The summed E-state index contributed by atoms with van der Waals surface area (Å²) in [7, 11) is 1.63. The van der Waals surface area contributed by atoms with Gasteiger partial charge in [-0.3, -0.25) is 4.79 Å². The van der Waals surface area contributed by atoms with E-state index in [1.807, 2.05) is 43.3 Å². The van der Waals surface area contributed by atoms with Crippen LogP contribution in [0.4, 0.5) is 0 Å². The molecule has 138 valence electrons. The second-order valence-electron chi connectivity index (χ2n) is 5.78. The number of nitrogens with zero attached hydrogens (tertiary/aromatic N) is 1. The average Bonchev–Trinajstić information content (AvgIpc) is 2.65. The van der Waals surface area contributed by atoms with Gasteiger partial charge in [0.2, 0.25) is 0 Å². The van der Waals surface area contributed by atoms with Crippen LogP contribution in [0.2, 0.25) is 5.02 Å². The number of rotatable bonds is 7. The van der Waals surface area contributed by atoms with Crippen LogP contribution in [0.15, 0.2) is 53.5 Å². The van der Waals surface area contributed by atoms with Gasteiger partial charge in [-0.2, -0.15) is 0 Å². The number of nitrogens with one attached hydrogen (secondary N) is 3. The maximum atomic E-state index is 11.7. The van der Waals surface area contributed by atoms with Crippen LogP contribution in [0.1, 0.15) is 28.4 Å². The maximum absolute atomic E-state index is 11.7. The van der Waals surface area contributed by atoms with Gasteiger partial charge in [0, 0.05) is 30.7 Å². The maximum Gasteiger partial charge on any atom is 0.251 e. The SMILES string of the molecule is CCNC(=NCc1cccc(C(=O)NC)c1)NCCc1cccc(Cl)c1. The lowest BCUT2D eigenvalue weighted by Gasteiger charge is -2.11. The molecule has 1 amide bonds. The van der Waals surface area contributed by atoms with Crippen molar-refractivity contribution in [2.75, 3.05) is 20.1 Å². The molecule has 0 saturated heterocycles. The van der Waals surface area contributed by atoms with E-state index in [0.717, 1.165) is 36.1 Å². The number of carbonyl (C=O) groups excluding carboxylic acids is 1. The van der Waals surface area contributed by atoms with Gasteiger partial charge in [0.15, 0.2) is 5.96 Å². The molecule has 0 aliphatic heterocycles. The van der Waals surface area contributed by atoms with Crippen molar-refractivity contribution in [1.82, 2.24) is 16.0 Å². The molecular weight excluding hydrogens is 348 g/mol. The summed E-state index contributed by atoms with van der Waals surface area (Å²) in [6.07, 6.45) is 0.858. The zero-order valence-electron chi connectivity index (χ0n) is 15.2. The quantitative estimate of drug-likeness (QED) is 0.517. The number of carbonyl (C=O) groups is 1. The van der Waals surface area contributed by atoms with Crippen LogP contribution in [0.25, 0.3) is 0 Å². The zero-order chi connectivity index (χ0) is 18.8. The first-order valence-corrected chi connectivity index (χ1v) is 9.07. The van der Waals surface area contributed by atoms with E-state index >= 15 is 0 Å². The molecule has 0 unspecified atom stereocenters. The van der Waals surface area contributed by atoms with Gasteiger partial charge in [0.25, 0.3) is 5.91 Å². The highest BCUT2D eigenvalue weighted by atomic mass is 35.5. The van der Waals surface area contributed by atoms with Crippen LogP contribution in [-0.4, -0.2) is 32.0 Å². The summed E-state index contributed by atoms with van der Waals surface area (Å²) in [4.78, 5) is 16.3. The molecule has 0 aromatic heterocycles. The summed E-state index contributed by atoms with van der Waals surface area (Å²) < 4.78 is 0. The molecule has 6 heteroatoms. The van der Waals surface area contributed by atoms with Crippen LogP contribution in [0, 0.1) is 0 Å². The first-order chi connectivity index (χ1) is 12.6. The number of halogens is 1. The topological polar surface area (TPSA) is 65.5 Å². The van der Waals surface area contributed by atoms with E-state index in [4.69, 9.17) is 11.6 Å². The fourth-order valence-corrected chi connectivity index (χ4v) is 2.70.